The van der Waals surface area contributed by atoms with Crippen LogP contribution >= 0.6 is 11.3 Å². The van der Waals surface area contributed by atoms with Gasteiger partial charge in [-0.25, -0.2) is 4.98 Å². The number of carbonyl (C=O) groups is 1. The summed E-state index contributed by atoms with van der Waals surface area (Å²) in [4.78, 5) is 19.4. The molecule has 1 aromatic heterocycles. The highest BCUT2D eigenvalue weighted by molar-refractivity contribution is 7.13. The molecule has 2 heterocycles. The summed E-state index contributed by atoms with van der Waals surface area (Å²) in [5.74, 6) is 0.132. The zero-order valence-corrected chi connectivity index (χ0v) is 15.1. The molecule has 3 aromatic rings. The molecule has 1 aliphatic rings. The Kier molecular flexibility index (Phi) is 4.36. The zero-order valence-electron chi connectivity index (χ0n) is 14.2. The number of fused-ring (bicyclic) bond motifs is 1. The van der Waals surface area contributed by atoms with E-state index >= 15 is 0 Å². The van der Waals surface area contributed by atoms with Gasteiger partial charge in [-0.15, -0.1) is 11.3 Å². The smallest absolute Gasteiger partial charge is 0.233 e. The van der Waals surface area contributed by atoms with Crippen molar-refractivity contribution in [2.24, 2.45) is 0 Å². The van der Waals surface area contributed by atoms with E-state index in [9.17, 15) is 4.79 Å². The quantitative estimate of drug-likeness (QED) is 0.691. The van der Waals surface area contributed by atoms with Crippen LogP contribution in [-0.4, -0.2) is 17.4 Å². The molecule has 0 spiro atoms. The van der Waals surface area contributed by atoms with Crippen LogP contribution in [0.15, 0.2) is 53.9 Å². The molecule has 126 valence electrons. The minimum atomic E-state index is 0.132. The number of carbonyl (C=O) groups excluding carboxylic acids is 1. The van der Waals surface area contributed by atoms with Crippen LogP contribution in [0.25, 0.3) is 10.6 Å². The Morgan fingerprint density at radius 3 is 2.80 bits per heavy atom. The molecule has 0 bridgehead atoms. The van der Waals surface area contributed by atoms with Crippen molar-refractivity contribution in [1.82, 2.24) is 4.98 Å². The second-order valence-corrected chi connectivity index (χ2v) is 7.32. The number of hydrogen-bond acceptors (Lipinski definition) is 3. The van der Waals surface area contributed by atoms with Crippen molar-refractivity contribution in [2.45, 2.75) is 26.2 Å². The summed E-state index contributed by atoms with van der Waals surface area (Å²) in [5, 5.41) is 2.98. The number of amides is 1. The Hall–Kier alpha value is -2.46. The van der Waals surface area contributed by atoms with E-state index in [0.717, 1.165) is 41.3 Å². The molecule has 0 saturated carbocycles. The summed E-state index contributed by atoms with van der Waals surface area (Å²) >= 11 is 1.60. The van der Waals surface area contributed by atoms with Crippen molar-refractivity contribution >= 4 is 22.9 Å². The van der Waals surface area contributed by atoms with Gasteiger partial charge in [-0.2, -0.15) is 0 Å². The van der Waals surface area contributed by atoms with Crippen molar-refractivity contribution in [3.05, 3.63) is 70.7 Å². The number of aromatic nitrogens is 1. The predicted molar refractivity (Wildman–Crippen MR) is 103 cm³/mol. The Morgan fingerprint density at radius 2 is 1.96 bits per heavy atom. The van der Waals surface area contributed by atoms with E-state index in [1.165, 1.54) is 11.1 Å². The number of benzene rings is 2. The second kappa shape index (κ2) is 6.81. The molecule has 2 aromatic carbocycles. The topological polar surface area (TPSA) is 33.2 Å². The molecule has 1 aliphatic heterocycles. The van der Waals surface area contributed by atoms with Gasteiger partial charge in [0.1, 0.15) is 5.01 Å². The Balaban J connectivity index is 1.52. The van der Waals surface area contributed by atoms with E-state index in [2.05, 4.69) is 42.2 Å². The maximum atomic E-state index is 12.8. The molecular weight excluding hydrogens is 328 g/mol. The third-order valence-electron chi connectivity index (χ3n) is 4.59. The van der Waals surface area contributed by atoms with Crippen molar-refractivity contribution in [2.75, 3.05) is 11.4 Å². The second-order valence-electron chi connectivity index (χ2n) is 6.46. The number of nitrogens with zero attached hydrogens (tertiary/aromatic N) is 2. The van der Waals surface area contributed by atoms with Gasteiger partial charge in [0, 0.05) is 23.2 Å². The molecule has 0 N–H and O–H groups in total. The van der Waals surface area contributed by atoms with Gasteiger partial charge in [-0.3, -0.25) is 4.79 Å². The standard InChI is InChI=1S/C21H20N2OS/c1-15-8-10-17(11-9-15)21-22-18(14-25-21)13-20(24)23-12-4-6-16-5-2-3-7-19(16)23/h2-3,5,7-11,14H,4,6,12-13H2,1H3. The number of aryl methyl sites for hydroxylation is 2. The summed E-state index contributed by atoms with van der Waals surface area (Å²) in [6, 6.07) is 16.6. The fourth-order valence-electron chi connectivity index (χ4n) is 3.26. The monoisotopic (exact) mass is 348 g/mol. The molecule has 0 fully saturated rings. The van der Waals surface area contributed by atoms with Crippen LogP contribution < -0.4 is 4.90 Å². The lowest BCUT2D eigenvalue weighted by Crippen LogP contribution is -2.36. The maximum Gasteiger partial charge on any atom is 0.233 e. The fourth-order valence-corrected chi connectivity index (χ4v) is 4.09. The van der Waals surface area contributed by atoms with Crippen LogP contribution in [0.1, 0.15) is 23.2 Å². The maximum absolute atomic E-state index is 12.8. The first-order valence-corrected chi connectivity index (χ1v) is 9.48. The molecule has 0 saturated heterocycles. The summed E-state index contributed by atoms with van der Waals surface area (Å²) in [5.41, 5.74) is 5.53. The van der Waals surface area contributed by atoms with E-state index in [-0.39, 0.29) is 5.91 Å². The SMILES string of the molecule is Cc1ccc(-c2nc(CC(=O)N3CCCc4ccccc43)cs2)cc1. The molecule has 0 atom stereocenters. The fraction of sp³-hybridized carbons (Fsp3) is 0.238. The number of thiazole rings is 1. The first-order valence-electron chi connectivity index (χ1n) is 8.60. The van der Waals surface area contributed by atoms with Crippen LogP contribution in [0.3, 0.4) is 0 Å². The van der Waals surface area contributed by atoms with Crippen LogP contribution in [0.5, 0.6) is 0 Å². The van der Waals surface area contributed by atoms with Crippen molar-refractivity contribution in [3.8, 4) is 10.6 Å². The molecule has 3 nitrogen and oxygen atoms in total. The summed E-state index contributed by atoms with van der Waals surface area (Å²) in [7, 11) is 0. The van der Waals surface area contributed by atoms with Gasteiger partial charge in [-0.05, 0) is 31.4 Å². The van der Waals surface area contributed by atoms with E-state index < -0.39 is 0 Å². The van der Waals surface area contributed by atoms with Gasteiger partial charge in [0.15, 0.2) is 0 Å². The van der Waals surface area contributed by atoms with Crippen molar-refractivity contribution in [1.29, 1.82) is 0 Å². The lowest BCUT2D eigenvalue weighted by Gasteiger charge is -2.29. The van der Waals surface area contributed by atoms with Gasteiger partial charge in [-0.1, -0.05) is 48.0 Å². The number of hydrogen-bond donors (Lipinski definition) is 0. The largest absolute Gasteiger partial charge is 0.312 e. The average molecular weight is 348 g/mol. The third-order valence-corrected chi connectivity index (χ3v) is 5.53. The molecule has 0 radical (unpaired) electrons. The van der Waals surface area contributed by atoms with E-state index in [4.69, 9.17) is 0 Å². The summed E-state index contributed by atoms with van der Waals surface area (Å²) < 4.78 is 0. The highest BCUT2D eigenvalue weighted by Crippen LogP contribution is 2.28. The summed E-state index contributed by atoms with van der Waals surface area (Å²) in [6.45, 7) is 2.87. The summed E-state index contributed by atoms with van der Waals surface area (Å²) in [6.07, 6.45) is 2.43. The zero-order chi connectivity index (χ0) is 17.2. The van der Waals surface area contributed by atoms with Gasteiger partial charge in [0.2, 0.25) is 5.91 Å². The molecule has 0 unspecified atom stereocenters. The van der Waals surface area contributed by atoms with Crippen LogP contribution in [0.4, 0.5) is 5.69 Å². The third kappa shape index (κ3) is 3.35. The average Bonchev–Trinajstić information content (AvgIpc) is 3.10. The first kappa shape index (κ1) is 16.0. The van der Waals surface area contributed by atoms with Gasteiger partial charge in [0.25, 0.3) is 0 Å². The normalized spacial score (nSPS) is 13.6. The molecule has 0 aliphatic carbocycles. The lowest BCUT2D eigenvalue weighted by molar-refractivity contribution is -0.118. The van der Waals surface area contributed by atoms with Gasteiger partial charge < -0.3 is 4.90 Å². The molecule has 25 heavy (non-hydrogen) atoms. The number of rotatable bonds is 3. The van der Waals surface area contributed by atoms with Crippen LogP contribution in [0, 0.1) is 6.92 Å². The Bertz CT molecular complexity index is 898. The van der Waals surface area contributed by atoms with Crippen molar-refractivity contribution in [3.63, 3.8) is 0 Å². The number of anilines is 1. The van der Waals surface area contributed by atoms with Gasteiger partial charge in [0.05, 0.1) is 12.1 Å². The van der Waals surface area contributed by atoms with E-state index in [1.807, 2.05) is 28.5 Å². The van der Waals surface area contributed by atoms with Crippen LogP contribution in [0.2, 0.25) is 0 Å². The highest BCUT2D eigenvalue weighted by atomic mass is 32.1. The van der Waals surface area contributed by atoms with E-state index in [1.54, 1.807) is 11.3 Å². The van der Waals surface area contributed by atoms with Gasteiger partial charge >= 0.3 is 0 Å². The Labute approximate surface area is 152 Å². The first-order chi connectivity index (χ1) is 12.2. The van der Waals surface area contributed by atoms with E-state index in [0.29, 0.717) is 6.42 Å². The minimum absolute atomic E-state index is 0.132. The minimum Gasteiger partial charge on any atom is -0.312 e. The van der Waals surface area contributed by atoms with Crippen molar-refractivity contribution < 1.29 is 4.79 Å². The number of para-hydroxylation sites is 1. The molecule has 4 rings (SSSR count). The highest BCUT2D eigenvalue weighted by Gasteiger charge is 2.22. The molecular formula is C21H20N2OS. The van der Waals surface area contributed by atoms with Crippen LogP contribution in [-0.2, 0) is 17.6 Å². The lowest BCUT2D eigenvalue weighted by atomic mass is 10.0. The molecule has 1 amide bonds. The molecule has 4 heteroatoms. The predicted octanol–water partition coefficient (Wildman–Crippen LogP) is 4.64. The Morgan fingerprint density at radius 1 is 1.16 bits per heavy atom.